The van der Waals surface area contributed by atoms with Crippen LogP contribution >= 0.6 is 23.5 Å². The molecule has 1 N–H and O–H groups in total. The fraction of sp³-hybridized carbons (Fsp3) is 0.696. The number of benzene rings is 1. The number of amides is 1. The first-order valence-electron chi connectivity index (χ1n) is 11.0. The summed E-state index contributed by atoms with van der Waals surface area (Å²) in [5.74, 6) is 1.49. The van der Waals surface area contributed by atoms with E-state index in [2.05, 4.69) is 64.9 Å². The number of carbonyl (C=O) groups is 1. The summed E-state index contributed by atoms with van der Waals surface area (Å²) in [7, 11) is 0. The van der Waals surface area contributed by atoms with Crippen molar-refractivity contribution in [3.63, 3.8) is 0 Å². The van der Waals surface area contributed by atoms with Crippen molar-refractivity contribution in [2.45, 2.75) is 68.1 Å². The Kier molecular flexibility index (Phi) is 9.56. The van der Waals surface area contributed by atoms with Crippen LogP contribution in [-0.4, -0.2) is 48.0 Å². The molecule has 0 aliphatic carbocycles. The summed E-state index contributed by atoms with van der Waals surface area (Å²) in [5, 5.41) is 3.86. The van der Waals surface area contributed by atoms with Crippen molar-refractivity contribution in [1.82, 2.24) is 10.2 Å². The second kappa shape index (κ2) is 12.1. The van der Waals surface area contributed by atoms with Gasteiger partial charge in [0.1, 0.15) is 0 Å². The SMILES string of the molecule is Cc1cccc(C2SCCC(CCCCC(=O)NCCN3CCCCC3)S2)c1. The predicted molar refractivity (Wildman–Crippen MR) is 124 cm³/mol. The number of carbonyl (C=O) groups excluding carboxylic acids is 1. The third kappa shape index (κ3) is 7.64. The Morgan fingerprint density at radius 2 is 2.07 bits per heavy atom. The maximum absolute atomic E-state index is 12.1. The number of aryl methyl sites for hydroxylation is 1. The van der Waals surface area contributed by atoms with Crippen molar-refractivity contribution in [3.8, 4) is 0 Å². The first-order valence-corrected chi connectivity index (χ1v) is 13.0. The summed E-state index contributed by atoms with van der Waals surface area (Å²) in [6, 6.07) is 8.96. The van der Waals surface area contributed by atoms with Crippen molar-refractivity contribution in [1.29, 1.82) is 0 Å². The second-order valence-electron chi connectivity index (χ2n) is 8.16. The van der Waals surface area contributed by atoms with Crippen molar-refractivity contribution in [2.75, 3.05) is 31.9 Å². The standard InChI is InChI=1S/C23H36N2OS2/c1-19-8-7-9-20(18-19)23-27-17-12-21(28-23)10-3-4-11-22(26)24-13-16-25-14-5-2-6-15-25/h7-9,18,21,23H,2-6,10-17H2,1H3,(H,24,26). The Morgan fingerprint density at radius 3 is 2.89 bits per heavy atom. The highest BCUT2D eigenvalue weighted by Crippen LogP contribution is 2.48. The van der Waals surface area contributed by atoms with Gasteiger partial charge < -0.3 is 10.2 Å². The summed E-state index contributed by atoms with van der Waals surface area (Å²) in [6.07, 6.45) is 9.43. The smallest absolute Gasteiger partial charge is 0.220 e. The van der Waals surface area contributed by atoms with Gasteiger partial charge >= 0.3 is 0 Å². The van der Waals surface area contributed by atoms with Gasteiger partial charge in [0.05, 0.1) is 4.58 Å². The summed E-state index contributed by atoms with van der Waals surface area (Å²) in [4.78, 5) is 14.5. The number of nitrogens with one attached hydrogen (secondary N) is 1. The van der Waals surface area contributed by atoms with Crippen LogP contribution in [0.1, 0.15) is 67.1 Å². The molecule has 2 aliphatic heterocycles. The third-order valence-electron chi connectivity index (χ3n) is 5.72. The number of unbranched alkanes of at least 4 members (excludes halogenated alkanes) is 1. The average Bonchev–Trinajstić information content (AvgIpc) is 2.72. The van der Waals surface area contributed by atoms with Gasteiger partial charge in [0, 0.05) is 24.8 Å². The van der Waals surface area contributed by atoms with Crippen molar-refractivity contribution < 1.29 is 4.79 Å². The van der Waals surface area contributed by atoms with E-state index in [1.54, 1.807) is 0 Å². The zero-order valence-corrected chi connectivity index (χ0v) is 19.0. The van der Waals surface area contributed by atoms with Crippen LogP contribution in [0.5, 0.6) is 0 Å². The van der Waals surface area contributed by atoms with Crippen LogP contribution in [0.3, 0.4) is 0 Å². The molecule has 28 heavy (non-hydrogen) atoms. The highest BCUT2D eigenvalue weighted by molar-refractivity contribution is 8.17. The molecule has 1 amide bonds. The molecule has 2 unspecified atom stereocenters. The lowest BCUT2D eigenvalue weighted by Gasteiger charge is -2.29. The Bertz CT molecular complexity index is 604. The fourth-order valence-electron chi connectivity index (χ4n) is 4.07. The van der Waals surface area contributed by atoms with Crippen LogP contribution in [-0.2, 0) is 4.79 Å². The lowest BCUT2D eigenvalue weighted by Crippen LogP contribution is -2.37. The second-order valence-corrected chi connectivity index (χ2v) is 11.1. The lowest BCUT2D eigenvalue weighted by molar-refractivity contribution is -0.121. The monoisotopic (exact) mass is 420 g/mol. The third-order valence-corrected chi connectivity index (χ3v) is 8.88. The highest BCUT2D eigenvalue weighted by atomic mass is 32.2. The summed E-state index contributed by atoms with van der Waals surface area (Å²) in [6.45, 7) is 6.42. The molecule has 2 aliphatic rings. The van der Waals surface area contributed by atoms with Crippen LogP contribution in [0.25, 0.3) is 0 Å². The maximum Gasteiger partial charge on any atom is 0.220 e. The molecule has 2 atom stereocenters. The minimum atomic E-state index is 0.237. The van der Waals surface area contributed by atoms with Crippen LogP contribution in [0.15, 0.2) is 24.3 Å². The zero-order chi connectivity index (χ0) is 19.6. The van der Waals surface area contributed by atoms with Crippen molar-refractivity contribution >= 4 is 29.4 Å². The summed E-state index contributed by atoms with van der Waals surface area (Å²) < 4.78 is 0.580. The predicted octanol–water partition coefficient (Wildman–Crippen LogP) is 5.39. The number of thioether (sulfide) groups is 2. The van der Waals surface area contributed by atoms with E-state index < -0.39 is 0 Å². The molecule has 3 nitrogen and oxygen atoms in total. The van der Waals surface area contributed by atoms with Crippen LogP contribution in [0.2, 0.25) is 0 Å². The molecule has 0 saturated carbocycles. The average molecular weight is 421 g/mol. The molecule has 2 fully saturated rings. The van der Waals surface area contributed by atoms with E-state index in [-0.39, 0.29) is 5.91 Å². The summed E-state index contributed by atoms with van der Waals surface area (Å²) in [5.41, 5.74) is 2.82. The van der Waals surface area contributed by atoms with Gasteiger partial charge in [-0.15, -0.1) is 23.5 Å². The molecule has 156 valence electrons. The number of rotatable bonds is 9. The van der Waals surface area contributed by atoms with Crippen molar-refractivity contribution in [3.05, 3.63) is 35.4 Å². The first kappa shape index (κ1) is 22.0. The van der Waals surface area contributed by atoms with E-state index in [4.69, 9.17) is 0 Å². The van der Waals surface area contributed by atoms with Gasteiger partial charge in [0.25, 0.3) is 0 Å². The minimum absolute atomic E-state index is 0.237. The molecular weight excluding hydrogens is 384 g/mol. The Hall–Kier alpha value is -0.650. The molecule has 0 aromatic heterocycles. The van der Waals surface area contributed by atoms with Crippen LogP contribution in [0.4, 0.5) is 0 Å². The summed E-state index contributed by atoms with van der Waals surface area (Å²) >= 11 is 4.23. The Morgan fingerprint density at radius 1 is 1.21 bits per heavy atom. The van der Waals surface area contributed by atoms with Gasteiger partial charge in [-0.1, -0.05) is 42.7 Å². The van der Waals surface area contributed by atoms with Gasteiger partial charge in [-0.05, 0) is 63.4 Å². The minimum Gasteiger partial charge on any atom is -0.355 e. The molecule has 2 heterocycles. The molecule has 5 heteroatoms. The zero-order valence-electron chi connectivity index (χ0n) is 17.3. The van der Waals surface area contributed by atoms with Crippen LogP contribution < -0.4 is 5.32 Å². The molecule has 0 radical (unpaired) electrons. The van der Waals surface area contributed by atoms with E-state index in [1.807, 2.05) is 0 Å². The van der Waals surface area contributed by atoms with E-state index in [9.17, 15) is 4.79 Å². The lowest BCUT2D eigenvalue weighted by atomic mass is 10.1. The fourth-order valence-corrected chi connectivity index (χ4v) is 7.48. The van der Waals surface area contributed by atoms with E-state index >= 15 is 0 Å². The topological polar surface area (TPSA) is 32.3 Å². The van der Waals surface area contributed by atoms with Gasteiger partial charge in [-0.25, -0.2) is 0 Å². The first-order chi connectivity index (χ1) is 13.7. The molecule has 2 saturated heterocycles. The number of likely N-dealkylation sites (tertiary alicyclic amines) is 1. The van der Waals surface area contributed by atoms with E-state index in [0.29, 0.717) is 11.0 Å². The number of hydrogen-bond acceptors (Lipinski definition) is 4. The molecule has 1 aromatic carbocycles. The number of hydrogen-bond donors (Lipinski definition) is 1. The van der Waals surface area contributed by atoms with Gasteiger partial charge in [0.2, 0.25) is 5.91 Å². The molecule has 0 spiro atoms. The van der Waals surface area contributed by atoms with Crippen LogP contribution in [0, 0.1) is 6.92 Å². The Balaban J connectivity index is 1.26. The van der Waals surface area contributed by atoms with E-state index in [0.717, 1.165) is 24.8 Å². The highest BCUT2D eigenvalue weighted by Gasteiger charge is 2.24. The normalized spacial score (nSPS) is 23.5. The van der Waals surface area contributed by atoms with Gasteiger partial charge in [-0.2, -0.15) is 0 Å². The molecule has 3 rings (SSSR count). The maximum atomic E-state index is 12.1. The quantitative estimate of drug-likeness (QED) is 0.543. The number of piperidine rings is 1. The van der Waals surface area contributed by atoms with Gasteiger partial charge in [0.15, 0.2) is 0 Å². The number of nitrogens with zero attached hydrogens (tertiary/aromatic N) is 1. The van der Waals surface area contributed by atoms with E-state index in [1.165, 1.54) is 68.5 Å². The largest absolute Gasteiger partial charge is 0.355 e. The molecular formula is C23H36N2OS2. The van der Waals surface area contributed by atoms with Gasteiger partial charge in [-0.3, -0.25) is 4.79 Å². The molecule has 1 aromatic rings. The van der Waals surface area contributed by atoms with Crippen molar-refractivity contribution in [2.24, 2.45) is 0 Å². The molecule has 0 bridgehead atoms. The Labute approximate surface area is 179 Å².